The van der Waals surface area contributed by atoms with E-state index in [-0.39, 0.29) is 24.2 Å². The maximum atomic E-state index is 11.9. The van der Waals surface area contributed by atoms with Gasteiger partial charge in [-0.2, -0.15) is 0 Å². The van der Waals surface area contributed by atoms with Crippen LogP contribution in [0.4, 0.5) is 10.8 Å². The second kappa shape index (κ2) is 8.26. The average molecular weight is 356 g/mol. The number of hydrogen-bond acceptors (Lipinski definition) is 4. The number of carbonyl (C=O) groups is 2. The number of rotatable bonds is 5. The van der Waals surface area contributed by atoms with Crippen molar-refractivity contribution >= 4 is 56.6 Å². The molecule has 0 radical (unpaired) electrons. The van der Waals surface area contributed by atoms with E-state index in [0.717, 1.165) is 21.5 Å². The third-order valence-electron chi connectivity index (χ3n) is 3.13. The minimum absolute atomic E-state index is 0. The number of nitrogens with one attached hydrogen (secondary N) is 2. The quantitative estimate of drug-likeness (QED) is 0.837. The summed E-state index contributed by atoms with van der Waals surface area (Å²) in [6.45, 7) is 7.78. The molecule has 0 saturated heterocycles. The molecule has 0 fully saturated rings. The van der Waals surface area contributed by atoms with Gasteiger partial charge in [0.05, 0.1) is 10.2 Å². The maximum absolute atomic E-state index is 11.9. The first-order valence-corrected chi connectivity index (χ1v) is 8.21. The number of nitrogens with zero attached hydrogens (tertiary/aromatic N) is 1. The van der Waals surface area contributed by atoms with Crippen LogP contribution in [0.1, 0.15) is 39.2 Å². The second-order valence-electron chi connectivity index (χ2n) is 5.71. The highest BCUT2D eigenvalue weighted by Crippen LogP contribution is 2.31. The number of benzene rings is 1. The molecule has 0 bridgehead atoms. The van der Waals surface area contributed by atoms with Crippen molar-refractivity contribution < 1.29 is 9.59 Å². The third kappa shape index (κ3) is 5.18. The molecule has 0 spiro atoms. The fourth-order valence-corrected chi connectivity index (χ4v) is 3.11. The van der Waals surface area contributed by atoms with E-state index in [0.29, 0.717) is 23.9 Å². The Morgan fingerprint density at radius 1 is 1.22 bits per heavy atom. The molecule has 0 aliphatic heterocycles. The van der Waals surface area contributed by atoms with Crippen LogP contribution in [0, 0.1) is 12.8 Å². The Balaban J connectivity index is 0.00000264. The Kier molecular flexibility index (Phi) is 6.97. The fourth-order valence-electron chi connectivity index (χ4n) is 2.11. The van der Waals surface area contributed by atoms with Crippen molar-refractivity contribution in [3.05, 3.63) is 17.7 Å². The number of amides is 2. The van der Waals surface area contributed by atoms with Crippen molar-refractivity contribution in [3.8, 4) is 0 Å². The summed E-state index contributed by atoms with van der Waals surface area (Å²) in [6, 6.07) is 3.81. The molecule has 2 N–H and O–H groups in total. The summed E-state index contributed by atoms with van der Waals surface area (Å²) in [4.78, 5) is 27.8. The van der Waals surface area contributed by atoms with Gasteiger partial charge in [-0.3, -0.25) is 9.59 Å². The van der Waals surface area contributed by atoms with Crippen LogP contribution in [0.2, 0.25) is 0 Å². The molecule has 5 nitrogen and oxygen atoms in total. The van der Waals surface area contributed by atoms with Gasteiger partial charge in [-0.25, -0.2) is 4.98 Å². The molecule has 2 rings (SSSR count). The number of carbonyl (C=O) groups excluding carboxylic acids is 2. The highest BCUT2D eigenvalue weighted by molar-refractivity contribution is 7.22. The highest BCUT2D eigenvalue weighted by Gasteiger charge is 2.11. The zero-order valence-electron chi connectivity index (χ0n) is 13.7. The number of aryl methyl sites for hydroxylation is 1. The minimum atomic E-state index is -0.0535. The summed E-state index contributed by atoms with van der Waals surface area (Å²) in [7, 11) is 0. The molecule has 23 heavy (non-hydrogen) atoms. The van der Waals surface area contributed by atoms with Crippen molar-refractivity contribution in [3.63, 3.8) is 0 Å². The summed E-state index contributed by atoms with van der Waals surface area (Å²) < 4.78 is 0.950. The SMILES string of the molecule is CCC(=O)Nc1nc2c(C)cc(NC(=O)CC(C)C)cc2s1.Cl. The Morgan fingerprint density at radius 3 is 2.52 bits per heavy atom. The van der Waals surface area contributed by atoms with Crippen LogP contribution >= 0.6 is 23.7 Å². The Labute approximate surface area is 146 Å². The van der Waals surface area contributed by atoms with Crippen LogP contribution in [-0.4, -0.2) is 16.8 Å². The number of halogens is 1. The summed E-state index contributed by atoms with van der Waals surface area (Å²) in [5.74, 6) is 0.282. The summed E-state index contributed by atoms with van der Waals surface area (Å²) in [6.07, 6.45) is 0.920. The molecule has 2 aromatic rings. The van der Waals surface area contributed by atoms with Crippen LogP contribution in [0.15, 0.2) is 12.1 Å². The molecular weight excluding hydrogens is 334 g/mol. The molecule has 0 aliphatic rings. The molecule has 0 atom stereocenters. The topological polar surface area (TPSA) is 71.1 Å². The van der Waals surface area contributed by atoms with E-state index in [9.17, 15) is 9.59 Å². The van der Waals surface area contributed by atoms with E-state index < -0.39 is 0 Å². The first kappa shape index (κ1) is 19.4. The molecule has 1 aromatic carbocycles. The summed E-state index contributed by atoms with van der Waals surface area (Å²) in [5.41, 5.74) is 2.61. The average Bonchev–Trinajstić information content (AvgIpc) is 2.80. The fraction of sp³-hybridized carbons (Fsp3) is 0.438. The largest absolute Gasteiger partial charge is 0.326 e. The van der Waals surface area contributed by atoms with Crippen LogP contribution < -0.4 is 10.6 Å². The number of anilines is 2. The highest BCUT2D eigenvalue weighted by atomic mass is 35.5. The van der Waals surface area contributed by atoms with E-state index in [2.05, 4.69) is 15.6 Å². The molecule has 0 saturated carbocycles. The normalized spacial score (nSPS) is 10.5. The molecule has 2 amide bonds. The monoisotopic (exact) mass is 355 g/mol. The molecule has 1 aromatic heterocycles. The van der Waals surface area contributed by atoms with Gasteiger partial charge < -0.3 is 10.6 Å². The van der Waals surface area contributed by atoms with E-state index in [4.69, 9.17) is 0 Å². The number of thiazole rings is 1. The first-order chi connectivity index (χ1) is 10.4. The Bertz CT molecular complexity index is 713. The number of hydrogen-bond donors (Lipinski definition) is 2. The van der Waals surface area contributed by atoms with E-state index in [1.54, 1.807) is 6.92 Å². The van der Waals surface area contributed by atoms with Gasteiger partial charge in [-0.1, -0.05) is 32.1 Å². The molecule has 126 valence electrons. The van der Waals surface area contributed by atoms with E-state index >= 15 is 0 Å². The number of fused-ring (bicyclic) bond motifs is 1. The third-order valence-corrected chi connectivity index (χ3v) is 4.05. The van der Waals surface area contributed by atoms with Crippen LogP contribution in [0.3, 0.4) is 0 Å². The lowest BCUT2D eigenvalue weighted by Gasteiger charge is -2.08. The van der Waals surface area contributed by atoms with Gasteiger partial charge >= 0.3 is 0 Å². The van der Waals surface area contributed by atoms with Crippen molar-refractivity contribution in [1.82, 2.24) is 4.98 Å². The van der Waals surface area contributed by atoms with Gasteiger partial charge in [-0.15, -0.1) is 12.4 Å². The molecule has 0 aliphatic carbocycles. The lowest BCUT2D eigenvalue weighted by atomic mass is 10.1. The molecule has 1 heterocycles. The van der Waals surface area contributed by atoms with E-state index in [1.807, 2.05) is 32.9 Å². The lowest BCUT2D eigenvalue weighted by molar-refractivity contribution is -0.117. The molecule has 0 unspecified atom stereocenters. The van der Waals surface area contributed by atoms with Crippen LogP contribution in [-0.2, 0) is 9.59 Å². The van der Waals surface area contributed by atoms with Crippen molar-refractivity contribution in [1.29, 1.82) is 0 Å². The Morgan fingerprint density at radius 2 is 1.91 bits per heavy atom. The standard InChI is InChI=1S/C16H21N3O2S.ClH/c1-5-13(20)18-16-19-15-10(4)7-11(8-12(15)22-16)17-14(21)6-9(2)3;/h7-9H,5-6H2,1-4H3,(H,17,21)(H,18,19,20);1H. The summed E-state index contributed by atoms with van der Waals surface area (Å²) in [5, 5.41) is 6.29. The maximum Gasteiger partial charge on any atom is 0.225 e. The van der Waals surface area contributed by atoms with Crippen molar-refractivity contribution in [2.24, 2.45) is 5.92 Å². The molecule has 7 heteroatoms. The Hall–Kier alpha value is -1.66. The van der Waals surface area contributed by atoms with Gasteiger partial charge in [0.1, 0.15) is 0 Å². The van der Waals surface area contributed by atoms with Gasteiger partial charge in [0.15, 0.2) is 5.13 Å². The van der Waals surface area contributed by atoms with Crippen LogP contribution in [0.25, 0.3) is 10.2 Å². The first-order valence-electron chi connectivity index (χ1n) is 7.40. The zero-order chi connectivity index (χ0) is 16.3. The predicted molar refractivity (Wildman–Crippen MR) is 98.6 cm³/mol. The van der Waals surface area contributed by atoms with E-state index in [1.165, 1.54) is 11.3 Å². The molecular formula is C16H22ClN3O2S. The van der Waals surface area contributed by atoms with Crippen molar-refractivity contribution in [2.75, 3.05) is 10.6 Å². The predicted octanol–water partition coefficient (Wildman–Crippen LogP) is 4.36. The minimum Gasteiger partial charge on any atom is -0.326 e. The van der Waals surface area contributed by atoms with Gasteiger partial charge in [0, 0.05) is 18.5 Å². The summed E-state index contributed by atoms with van der Waals surface area (Å²) >= 11 is 1.42. The van der Waals surface area contributed by atoms with Gasteiger partial charge in [0.25, 0.3) is 0 Å². The lowest BCUT2D eigenvalue weighted by Crippen LogP contribution is -2.13. The number of aromatic nitrogens is 1. The zero-order valence-corrected chi connectivity index (χ0v) is 15.4. The van der Waals surface area contributed by atoms with Crippen LogP contribution in [0.5, 0.6) is 0 Å². The van der Waals surface area contributed by atoms with Crippen molar-refractivity contribution in [2.45, 2.75) is 40.5 Å². The smallest absolute Gasteiger partial charge is 0.225 e. The second-order valence-corrected chi connectivity index (χ2v) is 6.74. The van der Waals surface area contributed by atoms with Gasteiger partial charge in [0.2, 0.25) is 11.8 Å². The van der Waals surface area contributed by atoms with Gasteiger partial charge in [-0.05, 0) is 30.5 Å².